The Bertz CT molecular complexity index is 554. The monoisotopic (exact) mass is 292 g/mol. The van der Waals surface area contributed by atoms with Crippen LogP contribution in [0.4, 0.5) is 11.6 Å². The second kappa shape index (κ2) is 6.62. The van der Waals surface area contributed by atoms with Crippen LogP contribution in [0.15, 0.2) is 11.6 Å². The van der Waals surface area contributed by atoms with Crippen molar-refractivity contribution in [2.75, 3.05) is 17.3 Å². The van der Waals surface area contributed by atoms with Crippen LogP contribution >= 0.6 is 11.3 Å². The topological polar surface area (TPSA) is 88.8 Å². The van der Waals surface area contributed by atoms with Crippen molar-refractivity contribution in [2.24, 2.45) is 5.84 Å². The number of hydrogen-bond donors (Lipinski definition) is 3. The molecule has 0 radical (unpaired) electrons. The Morgan fingerprint density at radius 1 is 1.35 bits per heavy atom. The molecule has 2 rings (SSSR count). The van der Waals surface area contributed by atoms with Crippen molar-refractivity contribution in [1.82, 2.24) is 15.0 Å². The molecule has 0 aliphatic rings. The van der Waals surface area contributed by atoms with E-state index in [4.69, 9.17) is 5.84 Å². The molecule has 20 heavy (non-hydrogen) atoms. The zero-order valence-electron chi connectivity index (χ0n) is 12.0. The van der Waals surface area contributed by atoms with Gasteiger partial charge >= 0.3 is 0 Å². The maximum absolute atomic E-state index is 5.50. The molecule has 0 saturated carbocycles. The average molecular weight is 292 g/mol. The highest BCUT2D eigenvalue weighted by molar-refractivity contribution is 7.09. The summed E-state index contributed by atoms with van der Waals surface area (Å²) in [6.45, 7) is 6.89. The van der Waals surface area contributed by atoms with E-state index in [1.807, 2.05) is 25.4 Å². The number of nitrogen functional groups attached to an aromatic ring is 1. The summed E-state index contributed by atoms with van der Waals surface area (Å²) in [5, 5.41) is 6.49. The summed E-state index contributed by atoms with van der Waals surface area (Å²) < 4.78 is 0. The molecular formula is C13H20N6S. The van der Waals surface area contributed by atoms with Crippen molar-refractivity contribution in [3.63, 3.8) is 0 Å². The van der Waals surface area contributed by atoms with Gasteiger partial charge in [0.2, 0.25) is 0 Å². The van der Waals surface area contributed by atoms with Crippen molar-refractivity contribution in [3.05, 3.63) is 28.0 Å². The second-order valence-electron chi connectivity index (χ2n) is 4.61. The highest BCUT2D eigenvalue weighted by Crippen LogP contribution is 2.22. The Labute approximate surface area is 122 Å². The summed E-state index contributed by atoms with van der Waals surface area (Å²) in [7, 11) is 0. The molecule has 1 unspecified atom stereocenters. The van der Waals surface area contributed by atoms with Gasteiger partial charge in [0.25, 0.3) is 0 Å². The first-order chi connectivity index (χ1) is 9.65. The summed E-state index contributed by atoms with van der Waals surface area (Å²) in [5.74, 6) is 8.10. The highest BCUT2D eigenvalue weighted by atomic mass is 32.1. The van der Waals surface area contributed by atoms with Crippen LogP contribution in [-0.4, -0.2) is 21.5 Å². The van der Waals surface area contributed by atoms with Crippen LogP contribution in [0.25, 0.3) is 0 Å². The van der Waals surface area contributed by atoms with Crippen LogP contribution in [-0.2, 0) is 6.42 Å². The number of aromatic nitrogens is 3. The van der Waals surface area contributed by atoms with Crippen molar-refractivity contribution in [1.29, 1.82) is 0 Å². The lowest BCUT2D eigenvalue weighted by Gasteiger charge is -2.15. The summed E-state index contributed by atoms with van der Waals surface area (Å²) in [4.78, 5) is 13.2. The number of hydrazine groups is 1. The fourth-order valence-corrected chi connectivity index (χ4v) is 2.55. The van der Waals surface area contributed by atoms with E-state index in [-0.39, 0.29) is 0 Å². The van der Waals surface area contributed by atoms with Gasteiger partial charge in [0, 0.05) is 36.0 Å². The zero-order valence-corrected chi connectivity index (χ0v) is 12.8. The third-order valence-electron chi connectivity index (χ3n) is 3.09. The maximum atomic E-state index is 5.50. The normalized spacial score (nSPS) is 12.2. The van der Waals surface area contributed by atoms with Gasteiger partial charge in [0.05, 0.1) is 5.01 Å². The molecule has 108 valence electrons. The van der Waals surface area contributed by atoms with Crippen LogP contribution in [0.2, 0.25) is 0 Å². The number of hydrogen-bond acceptors (Lipinski definition) is 7. The number of rotatable bonds is 6. The summed E-state index contributed by atoms with van der Waals surface area (Å²) >= 11 is 1.67. The third-order valence-corrected chi connectivity index (χ3v) is 4.10. The number of aryl methyl sites for hydroxylation is 1. The average Bonchev–Trinajstić information content (AvgIpc) is 3.00. The lowest BCUT2D eigenvalue weighted by atomic mass is 10.2. The molecule has 0 fully saturated rings. The van der Waals surface area contributed by atoms with Crippen molar-refractivity contribution in [3.8, 4) is 0 Å². The smallest absolute Gasteiger partial charge is 0.148 e. The number of nitrogens with two attached hydrogens (primary N) is 1. The van der Waals surface area contributed by atoms with E-state index in [9.17, 15) is 0 Å². The maximum Gasteiger partial charge on any atom is 0.148 e. The zero-order chi connectivity index (χ0) is 14.5. The SMILES string of the molecule is CCc1nc(NN)c(C)c(NCC(C)c2nccs2)n1. The Hall–Kier alpha value is -1.73. The van der Waals surface area contributed by atoms with Crippen LogP contribution in [0.3, 0.4) is 0 Å². The first-order valence-electron chi connectivity index (χ1n) is 6.63. The number of anilines is 2. The first-order valence-corrected chi connectivity index (χ1v) is 7.51. The second-order valence-corrected chi connectivity index (χ2v) is 5.54. The lowest BCUT2D eigenvalue weighted by Crippen LogP contribution is -2.17. The molecule has 2 aromatic rings. The largest absolute Gasteiger partial charge is 0.369 e. The number of nitrogens with zero attached hydrogens (tertiary/aromatic N) is 3. The molecular weight excluding hydrogens is 272 g/mol. The van der Waals surface area contributed by atoms with Crippen molar-refractivity contribution in [2.45, 2.75) is 33.1 Å². The van der Waals surface area contributed by atoms with Gasteiger partial charge in [-0.2, -0.15) is 0 Å². The van der Waals surface area contributed by atoms with Gasteiger partial charge in [-0.3, -0.25) is 0 Å². The van der Waals surface area contributed by atoms with E-state index in [1.54, 1.807) is 11.3 Å². The van der Waals surface area contributed by atoms with E-state index in [0.717, 1.165) is 35.2 Å². The van der Waals surface area contributed by atoms with E-state index < -0.39 is 0 Å². The van der Waals surface area contributed by atoms with Crippen LogP contribution in [0, 0.1) is 6.92 Å². The molecule has 2 aromatic heterocycles. The summed E-state index contributed by atoms with van der Waals surface area (Å²) in [5.41, 5.74) is 3.55. The molecule has 0 spiro atoms. The van der Waals surface area contributed by atoms with E-state index in [0.29, 0.717) is 11.7 Å². The molecule has 1 atom stereocenters. The molecule has 0 bridgehead atoms. The number of nitrogens with one attached hydrogen (secondary N) is 2. The summed E-state index contributed by atoms with van der Waals surface area (Å²) in [6, 6.07) is 0. The molecule has 0 aliphatic heterocycles. The minimum Gasteiger partial charge on any atom is -0.369 e. The molecule has 4 N–H and O–H groups in total. The molecule has 6 nitrogen and oxygen atoms in total. The highest BCUT2D eigenvalue weighted by Gasteiger charge is 2.12. The molecule has 7 heteroatoms. The lowest BCUT2D eigenvalue weighted by molar-refractivity contribution is 0.787. The van der Waals surface area contributed by atoms with Crippen molar-refractivity contribution >= 4 is 23.0 Å². The molecule has 0 amide bonds. The molecule has 0 aromatic carbocycles. The van der Waals surface area contributed by atoms with Gasteiger partial charge in [-0.15, -0.1) is 11.3 Å². The Balaban J connectivity index is 2.12. The summed E-state index contributed by atoms with van der Waals surface area (Å²) in [6.07, 6.45) is 2.60. The van der Waals surface area contributed by atoms with Gasteiger partial charge in [0.1, 0.15) is 17.5 Å². The molecule has 0 saturated heterocycles. The third kappa shape index (κ3) is 3.23. The number of thiazole rings is 1. The Morgan fingerprint density at radius 2 is 2.10 bits per heavy atom. The fourth-order valence-electron chi connectivity index (χ4n) is 1.85. The van der Waals surface area contributed by atoms with Crippen LogP contribution in [0.1, 0.15) is 36.2 Å². The predicted molar refractivity (Wildman–Crippen MR) is 83.0 cm³/mol. The van der Waals surface area contributed by atoms with Gasteiger partial charge in [-0.25, -0.2) is 20.8 Å². The molecule has 0 aliphatic carbocycles. The van der Waals surface area contributed by atoms with Crippen molar-refractivity contribution < 1.29 is 0 Å². The Morgan fingerprint density at radius 3 is 2.70 bits per heavy atom. The minimum atomic E-state index is 0.337. The Kier molecular flexibility index (Phi) is 4.86. The van der Waals surface area contributed by atoms with Gasteiger partial charge in [-0.1, -0.05) is 13.8 Å². The van der Waals surface area contributed by atoms with E-state index in [1.165, 1.54) is 0 Å². The predicted octanol–water partition coefficient (Wildman–Crippen LogP) is 2.31. The first kappa shape index (κ1) is 14.7. The van der Waals surface area contributed by atoms with Gasteiger partial charge in [-0.05, 0) is 6.92 Å². The van der Waals surface area contributed by atoms with Crippen LogP contribution < -0.4 is 16.6 Å². The van der Waals surface area contributed by atoms with Crippen LogP contribution in [0.5, 0.6) is 0 Å². The molecule has 2 heterocycles. The minimum absolute atomic E-state index is 0.337. The van der Waals surface area contributed by atoms with E-state index in [2.05, 4.69) is 32.6 Å². The van der Waals surface area contributed by atoms with Gasteiger partial charge in [0.15, 0.2) is 0 Å². The van der Waals surface area contributed by atoms with E-state index >= 15 is 0 Å². The quantitative estimate of drug-likeness (QED) is 0.559. The fraction of sp³-hybridized carbons (Fsp3) is 0.462. The van der Waals surface area contributed by atoms with Gasteiger partial charge < -0.3 is 10.7 Å². The standard InChI is InChI=1S/C13H20N6S/c1-4-10-17-11(9(3)12(18-10)19-14)16-7-8(2)13-15-5-6-20-13/h5-6,8H,4,7,14H2,1-3H3,(H2,16,17,18,19).